The first-order valence-corrected chi connectivity index (χ1v) is 11.8. The molecule has 0 aliphatic carbocycles. The van der Waals surface area contributed by atoms with Crippen molar-refractivity contribution in [2.24, 2.45) is 0 Å². The number of carbonyl (C=O) groups excluding carboxylic acids is 1. The van der Waals surface area contributed by atoms with E-state index >= 15 is 0 Å². The number of urea groups is 1. The lowest BCUT2D eigenvalue weighted by molar-refractivity contribution is 0.0729. The maximum atomic E-state index is 12.8. The molecule has 7 nitrogen and oxygen atoms in total. The Morgan fingerprint density at radius 3 is 2.39 bits per heavy atom. The molecule has 1 aliphatic rings. The first kappa shape index (κ1) is 21.3. The molecular weight excluding hydrogens is 414 g/mol. The summed E-state index contributed by atoms with van der Waals surface area (Å²) in [6, 6.07) is 20.5. The molecule has 162 valence electrons. The van der Waals surface area contributed by atoms with Crippen molar-refractivity contribution >= 4 is 32.5 Å². The van der Waals surface area contributed by atoms with Crippen LogP contribution in [-0.4, -0.2) is 45.1 Å². The van der Waals surface area contributed by atoms with Gasteiger partial charge in [0.15, 0.2) is 0 Å². The number of benzene rings is 3. The summed E-state index contributed by atoms with van der Waals surface area (Å²) in [5, 5.41) is 7.72. The molecule has 3 aromatic carbocycles. The zero-order chi connectivity index (χ0) is 21.7. The third-order valence-corrected chi connectivity index (χ3v) is 7.12. The van der Waals surface area contributed by atoms with Crippen molar-refractivity contribution < 1.29 is 17.9 Å². The summed E-state index contributed by atoms with van der Waals surface area (Å²) in [7, 11) is -3.45. The van der Waals surface area contributed by atoms with Gasteiger partial charge < -0.3 is 15.4 Å². The van der Waals surface area contributed by atoms with Crippen LogP contribution < -0.4 is 10.6 Å². The van der Waals surface area contributed by atoms with Crippen molar-refractivity contribution in [2.45, 2.75) is 12.3 Å². The average molecular weight is 440 g/mol. The summed E-state index contributed by atoms with van der Waals surface area (Å²) in [5.74, 6) is -0.101. The average Bonchev–Trinajstić information content (AvgIpc) is 2.79. The highest BCUT2D eigenvalue weighted by molar-refractivity contribution is 7.88. The van der Waals surface area contributed by atoms with Gasteiger partial charge in [-0.1, -0.05) is 60.7 Å². The number of ether oxygens (including phenoxy) is 1. The minimum absolute atomic E-state index is 0.101. The summed E-state index contributed by atoms with van der Waals surface area (Å²) in [6.45, 7) is 1.80. The Labute approximate surface area is 182 Å². The molecule has 1 heterocycles. The van der Waals surface area contributed by atoms with E-state index in [0.717, 1.165) is 22.0 Å². The van der Waals surface area contributed by atoms with Crippen LogP contribution in [0.5, 0.6) is 0 Å². The molecular formula is C23H25N3O4S. The zero-order valence-electron chi connectivity index (χ0n) is 17.1. The highest BCUT2D eigenvalue weighted by atomic mass is 32.2. The van der Waals surface area contributed by atoms with Gasteiger partial charge in [0.25, 0.3) is 0 Å². The van der Waals surface area contributed by atoms with Crippen LogP contribution in [0, 0.1) is 0 Å². The number of hydrogen-bond donors (Lipinski definition) is 2. The molecule has 1 aliphatic heterocycles. The molecule has 1 fully saturated rings. The van der Waals surface area contributed by atoms with Gasteiger partial charge in [-0.15, -0.1) is 0 Å². The van der Waals surface area contributed by atoms with E-state index < -0.39 is 10.0 Å². The van der Waals surface area contributed by atoms with Gasteiger partial charge in [0.05, 0.1) is 24.7 Å². The monoisotopic (exact) mass is 439 g/mol. The van der Waals surface area contributed by atoms with Gasteiger partial charge in [-0.05, 0) is 22.6 Å². The Hall–Kier alpha value is -2.94. The number of sulfonamides is 1. The number of fused-ring (bicyclic) bond motifs is 1. The molecule has 1 saturated heterocycles. The van der Waals surface area contributed by atoms with E-state index in [1.165, 1.54) is 4.31 Å². The number of carbonyl (C=O) groups is 1. The Balaban J connectivity index is 1.42. The fourth-order valence-electron chi connectivity index (χ4n) is 3.66. The summed E-state index contributed by atoms with van der Waals surface area (Å²) in [5.41, 5.74) is 2.17. The van der Waals surface area contributed by atoms with E-state index in [1.807, 2.05) is 60.7 Å². The van der Waals surface area contributed by atoms with Crippen LogP contribution in [0.3, 0.4) is 0 Å². The number of rotatable bonds is 6. The van der Waals surface area contributed by atoms with Crippen LogP contribution in [0.4, 0.5) is 10.5 Å². The van der Waals surface area contributed by atoms with Crippen molar-refractivity contribution in [3.8, 4) is 0 Å². The lowest BCUT2D eigenvalue weighted by Crippen LogP contribution is -2.41. The molecule has 4 rings (SSSR count). The highest BCUT2D eigenvalue weighted by Crippen LogP contribution is 2.23. The first-order chi connectivity index (χ1) is 15.0. The van der Waals surface area contributed by atoms with E-state index in [0.29, 0.717) is 31.9 Å². The highest BCUT2D eigenvalue weighted by Gasteiger charge is 2.25. The number of anilines is 1. The summed E-state index contributed by atoms with van der Waals surface area (Å²) >= 11 is 0. The molecule has 0 saturated carbocycles. The molecule has 0 aromatic heterocycles. The topological polar surface area (TPSA) is 87.7 Å². The lowest BCUT2D eigenvalue weighted by atomic mass is 10.1. The Kier molecular flexibility index (Phi) is 6.50. The van der Waals surface area contributed by atoms with E-state index in [9.17, 15) is 13.2 Å². The van der Waals surface area contributed by atoms with Gasteiger partial charge in [0.2, 0.25) is 10.0 Å². The Morgan fingerprint density at radius 2 is 1.58 bits per heavy atom. The standard InChI is InChI=1S/C23H25N3O4S/c27-23(25-22-11-5-9-18-6-3-4-10-21(18)22)24-16-19-7-1-2-8-20(19)17-31(28,29)26-12-14-30-15-13-26/h1-11H,12-17H2,(H2,24,25,27). The zero-order valence-corrected chi connectivity index (χ0v) is 17.9. The SMILES string of the molecule is O=C(NCc1ccccc1CS(=O)(=O)N1CCOCC1)Nc1cccc2ccccc12. The van der Waals surface area contributed by atoms with Gasteiger partial charge in [-0.25, -0.2) is 13.2 Å². The number of morpholine rings is 1. The first-order valence-electron chi connectivity index (χ1n) is 10.2. The number of nitrogens with one attached hydrogen (secondary N) is 2. The van der Waals surface area contributed by atoms with Gasteiger partial charge >= 0.3 is 6.03 Å². The van der Waals surface area contributed by atoms with Crippen molar-refractivity contribution in [3.63, 3.8) is 0 Å². The fourth-order valence-corrected chi connectivity index (χ4v) is 5.22. The van der Waals surface area contributed by atoms with Crippen molar-refractivity contribution in [2.75, 3.05) is 31.6 Å². The summed E-state index contributed by atoms with van der Waals surface area (Å²) < 4.78 is 32.3. The molecule has 0 atom stereocenters. The molecule has 8 heteroatoms. The molecule has 2 amide bonds. The Bertz CT molecular complexity index is 1170. The summed E-state index contributed by atoms with van der Waals surface area (Å²) in [4.78, 5) is 12.5. The number of nitrogens with zero attached hydrogens (tertiary/aromatic N) is 1. The quantitative estimate of drug-likeness (QED) is 0.617. The van der Waals surface area contributed by atoms with Crippen molar-refractivity contribution in [1.82, 2.24) is 9.62 Å². The van der Waals surface area contributed by atoms with Crippen LogP contribution in [0.2, 0.25) is 0 Å². The van der Waals surface area contributed by atoms with E-state index in [4.69, 9.17) is 4.74 Å². The predicted molar refractivity (Wildman–Crippen MR) is 121 cm³/mol. The fraction of sp³-hybridized carbons (Fsp3) is 0.261. The van der Waals surface area contributed by atoms with Crippen LogP contribution >= 0.6 is 0 Å². The van der Waals surface area contributed by atoms with Gasteiger partial charge in [0.1, 0.15) is 0 Å². The molecule has 31 heavy (non-hydrogen) atoms. The molecule has 3 aromatic rings. The van der Waals surface area contributed by atoms with Crippen LogP contribution in [0.25, 0.3) is 10.8 Å². The van der Waals surface area contributed by atoms with Crippen molar-refractivity contribution in [1.29, 1.82) is 0 Å². The lowest BCUT2D eigenvalue weighted by Gasteiger charge is -2.26. The molecule has 0 spiro atoms. The third kappa shape index (κ3) is 5.22. The minimum atomic E-state index is -3.45. The normalized spacial score (nSPS) is 15.0. The molecule has 0 unspecified atom stereocenters. The second kappa shape index (κ2) is 9.47. The summed E-state index contributed by atoms with van der Waals surface area (Å²) in [6.07, 6.45) is 0. The van der Waals surface area contributed by atoms with Crippen LogP contribution in [-0.2, 0) is 27.1 Å². The minimum Gasteiger partial charge on any atom is -0.379 e. The van der Waals surface area contributed by atoms with Gasteiger partial charge in [-0.3, -0.25) is 0 Å². The molecule has 0 radical (unpaired) electrons. The number of hydrogen-bond acceptors (Lipinski definition) is 4. The van der Waals surface area contributed by atoms with Crippen LogP contribution in [0.1, 0.15) is 11.1 Å². The second-order valence-electron chi connectivity index (χ2n) is 7.37. The predicted octanol–water partition coefficient (Wildman–Crippen LogP) is 3.32. The largest absolute Gasteiger partial charge is 0.379 e. The smallest absolute Gasteiger partial charge is 0.319 e. The second-order valence-corrected chi connectivity index (χ2v) is 9.34. The Morgan fingerprint density at radius 1 is 0.903 bits per heavy atom. The van der Waals surface area contributed by atoms with Gasteiger partial charge in [-0.2, -0.15) is 4.31 Å². The molecule has 0 bridgehead atoms. The van der Waals surface area contributed by atoms with Crippen molar-refractivity contribution in [3.05, 3.63) is 77.9 Å². The molecule has 2 N–H and O–H groups in total. The van der Waals surface area contributed by atoms with E-state index in [2.05, 4.69) is 10.6 Å². The maximum absolute atomic E-state index is 12.8. The maximum Gasteiger partial charge on any atom is 0.319 e. The van der Waals surface area contributed by atoms with E-state index in [1.54, 1.807) is 6.07 Å². The van der Waals surface area contributed by atoms with Gasteiger partial charge in [0, 0.05) is 25.0 Å². The third-order valence-electron chi connectivity index (χ3n) is 5.30. The number of amides is 2. The van der Waals surface area contributed by atoms with E-state index in [-0.39, 0.29) is 18.3 Å². The van der Waals surface area contributed by atoms with Crippen LogP contribution in [0.15, 0.2) is 66.7 Å².